The molecule has 3 rings (SSSR count). The van der Waals surface area contributed by atoms with Crippen molar-refractivity contribution in [3.8, 4) is 0 Å². The van der Waals surface area contributed by atoms with Gasteiger partial charge in [-0.1, -0.05) is 42.7 Å². The van der Waals surface area contributed by atoms with Gasteiger partial charge in [0.05, 0.1) is 10.6 Å². The summed E-state index contributed by atoms with van der Waals surface area (Å²) in [7, 11) is 0. The van der Waals surface area contributed by atoms with Crippen molar-refractivity contribution in [1.82, 2.24) is 25.3 Å². The van der Waals surface area contributed by atoms with Crippen LogP contribution in [0.5, 0.6) is 0 Å². The minimum atomic E-state index is -0.152. The smallest absolute Gasteiger partial charge is 0.317 e. The molecule has 1 aliphatic rings. The summed E-state index contributed by atoms with van der Waals surface area (Å²) in [4.78, 5) is 33.0. The zero-order valence-corrected chi connectivity index (χ0v) is 17.5. The highest BCUT2D eigenvalue weighted by Gasteiger charge is 2.23. The third-order valence-corrected chi connectivity index (χ3v) is 5.12. The van der Waals surface area contributed by atoms with E-state index in [1.807, 2.05) is 13.8 Å². The predicted molar refractivity (Wildman–Crippen MR) is 109 cm³/mol. The molecule has 1 aromatic heterocycles. The molecule has 1 N–H and O–H groups in total. The van der Waals surface area contributed by atoms with Gasteiger partial charge in [-0.05, 0) is 18.6 Å². The average Bonchev–Trinajstić information content (AvgIpc) is 3.04. The van der Waals surface area contributed by atoms with E-state index < -0.39 is 0 Å². The van der Waals surface area contributed by atoms with E-state index in [9.17, 15) is 9.59 Å². The molecule has 0 atom stereocenters. The molecule has 0 aliphatic carbocycles. The minimum absolute atomic E-state index is 0.102. The van der Waals surface area contributed by atoms with Crippen LogP contribution in [0, 0.1) is 0 Å². The molecule has 2 heterocycles. The van der Waals surface area contributed by atoms with E-state index in [-0.39, 0.29) is 17.9 Å². The van der Waals surface area contributed by atoms with Gasteiger partial charge in [0.15, 0.2) is 5.82 Å². The van der Waals surface area contributed by atoms with E-state index >= 15 is 0 Å². The van der Waals surface area contributed by atoms with Crippen molar-refractivity contribution in [3.63, 3.8) is 0 Å². The lowest BCUT2D eigenvalue weighted by Crippen LogP contribution is -2.43. The molecular weight excluding hydrogens is 394 g/mol. The quantitative estimate of drug-likeness (QED) is 0.804. The number of nitrogens with zero attached hydrogens (tertiary/aromatic N) is 4. The van der Waals surface area contributed by atoms with E-state index in [0.717, 1.165) is 0 Å². The monoisotopic (exact) mass is 419 g/mol. The Hall–Kier alpha value is -2.61. The van der Waals surface area contributed by atoms with Gasteiger partial charge in [-0.2, -0.15) is 4.98 Å². The van der Waals surface area contributed by atoms with Crippen LogP contribution >= 0.6 is 11.6 Å². The van der Waals surface area contributed by atoms with Gasteiger partial charge in [0.1, 0.15) is 0 Å². The number of amides is 3. The van der Waals surface area contributed by atoms with Gasteiger partial charge >= 0.3 is 6.03 Å². The lowest BCUT2D eigenvalue weighted by Gasteiger charge is -2.22. The van der Waals surface area contributed by atoms with Crippen LogP contribution in [0.3, 0.4) is 0 Å². The molecule has 0 spiro atoms. The summed E-state index contributed by atoms with van der Waals surface area (Å²) in [6.07, 6.45) is 1.20. The Morgan fingerprint density at radius 3 is 2.62 bits per heavy atom. The van der Waals surface area contributed by atoms with Gasteiger partial charge in [-0.15, -0.1) is 0 Å². The number of benzene rings is 1. The fourth-order valence-electron chi connectivity index (χ4n) is 3.12. The third-order valence-electron chi connectivity index (χ3n) is 4.79. The summed E-state index contributed by atoms with van der Waals surface area (Å²) in [5, 5.41) is 7.24. The predicted octanol–water partition coefficient (Wildman–Crippen LogP) is 2.95. The van der Waals surface area contributed by atoms with E-state index in [0.29, 0.717) is 67.9 Å². The summed E-state index contributed by atoms with van der Waals surface area (Å²) in [5.41, 5.74) is 0.493. The molecule has 3 amide bonds. The van der Waals surface area contributed by atoms with Crippen molar-refractivity contribution < 1.29 is 14.1 Å². The maximum Gasteiger partial charge on any atom is 0.317 e. The molecule has 29 heavy (non-hydrogen) atoms. The van der Waals surface area contributed by atoms with Crippen LogP contribution < -0.4 is 5.32 Å². The molecule has 0 radical (unpaired) electrons. The average molecular weight is 420 g/mol. The Morgan fingerprint density at radius 1 is 1.17 bits per heavy atom. The second-order valence-electron chi connectivity index (χ2n) is 7.30. The van der Waals surface area contributed by atoms with Crippen LogP contribution in [-0.4, -0.2) is 64.6 Å². The Balaban J connectivity index is 1.47. The zero-order valence-electron chi connectivity index (χ0n) is 16.7. The van der Waals surface area contributed by atoms with Crippen molar-refractivity contribution in [1.29, 1.82) is 0 Å². The van der Waals surface area contributed by atoms with Crippen molar-refractivity contribution in [2.75, 3.05) is 32.7 Å². The van der Waals surface area contributed by atoms with E-state index in [1.54, 1.807) is 34.1 Å². The molecule has 1 aromatic carbocycles. The Labute approximate surface area is 175 Å². The molecule has 0 unspecified atom stereocenters. The molecule has 156 valence electrons. The Bertz CT molecular complexity index is 854. The van der Waals surface area contributed by atoms with Gasteiger partial charge in [0.25, 0.3) is 5.91 Å². The van der Waals surface area contributed by atoms with Gasteiger partial charge in [-0.3, -0.25) is 4.79 Å². The van der Waals surface area contributed by atoms with Crippen LogP contribution in [0.4, 0.5) is 4.79 Å². The van der Waals surface area contributed by atoms with E-state index in [4.69, 9.17) is 16.1 Å². The van der Waals surface area contributed by atoms with Crippen LogP contribution in [0.25, 0.3) is 0 Å². The van der Waals surface area contributed by atoms with E-state index in [1.165, 1.54) is 0 Å². The lowest BCUT2D eigenvalue weighted by atomic mass is 10.2. The normalized spacial score (nSPS) is 14.8. The standard InChI is InChI=1S/C20H26ClN5O3/c1-14(2)18-23-17(29-24-18)8-9-22-20(28)26-11-5-10-25(12-13-26)19(27)15-6-3-4-7-16(15)21/h3-4,6-7,14H,5,8-13H2,1-2H3,(H,22,28). The van der Waals surface area contributed by atoms with Gasteiger partial charge in [-0.25, -0.2) is 4.79 Å². The van der Waals surface area contributed by atoms with Gasteiger partial charge in [0, 0.05) is 45.1 Å². The molecule has 8 nitrogen and oxygen atoms in total. The molecule has 9 heteroatoms. The molecular formula is C20H26ClN5O3. The van der Waals surface area contributed by atoms with Gasteiger partial charge < -0.3 is 19.6 Å². The number of carbonyl (C=O) groups excluding carboxylic acids is 2. The van der Waals surface area contributed by atoms with Crippen LogP contribution in [0.15, 0.2) is 28.8 Å². The van der Waals surface area contributed by atoms with Crippen LogP contribution in [0.2, 0.25) is 5.02 Å². The summed E-state index contributed by atoms with van der Waals surface area (Å²) < 4.78 is 5.18. The number of aromatic nitrogens is 2. The number of halogens is 1. The van der Waals surface area contributed by atoms with Crippen molar-refractivity contribution in [2.45, 2.75) is 32.6 Å². The molecule has 1 aliphatic heterocycles. The number of urea groups is 1. The number of rotatable bonds is 5. The summed E-state index contributed by atoms with van der Waals surface area (Å²) in [6, 6.07) is 6.87. The maximum absolute atomic E-state index is 12.7. The first-order valence-corrected chi connectivity index (χ1v) is 10.2. The second-order valence-corrected chi connectivity index (χ2v) is 7.70. The number of nitrogens with one attached hydrogen (secondary N) is 1. The zero-order chi connectivity index (χ0) is 20.8. The second kappa shape index (κ2) is 9.73. The summed E-state index contributed by atoms with van der Waals surface area (Å²) in [5.74, 6) is 1.29. The first-order chi connectivity index (χ1) is 14.0. The Morgan fingerprint density at radius 2 is 1.90 bits per heavy atom. The number of hydrogen-bond acceptors (Lipinski definition) is 5. The van der Waals surface area contributed by atoms with Crippen LogP contribution in [-0.2, 0) is 6.42 Å². The molecule has 1 fully saturated rings. The Kier molecular flexibility index (Phi) is 7.09. The highest BCUT2D eigenvalue weighted by Crippen LogP contribution is 2.18. The molecule has 0 bridgehead atoms. The highest BCUT2D eigenvalue weighted by molar-refractivity contribution is 6.33. The topological polar surface area (TPSA) is 91.6 Å². The summed E-state index contributed by atoms with van der Waals surface area (Å²) in [6.45, 7) is 6.53. The SMILES string of the molecule is CC(C)c1noc(CCNC(=O)N2CCCN(C(=O)c3ccccc3Cl)CC2)n1. The van der Waals surface area contributed by atoms with Crippen molar-refractivity contribution in [2.24, 2.45) is 0 Å². The van der Waals surface area contributed by atoms with E-state index in [2.05, 4.69) is 15.5 Å². The van der Waals surface area contributed by atoms with Crippen molar-refractivity contribution in [3.05, 3.63) is 46.6 Å². The first kappa shape index (κ1) is 21.1. The third kappa shape index (κ3) is 5.47. The van der Waals surface area contributed by atoms with Gasteiger partial charge in [0.2, 0.25) is 5.89 Å². The maximum atomic E-state index is 12.7. The lowest BCUT2D eigenvalue weighted by molar-refractivity contribution is 0.0762. The fourth-order valence-corrected chi connectivity index (χ4v) is 3.34. The first-order valence-electron chi connectivity index (χ1n) is 9.84. The highest BCUT2D eigenvalue weighted by atomic mass is 35.5. The molecule has 1 saturated heterocycles. The fraction of sp³-hybridized carbons (Fsp3) is 0.500. The van der Waals surface area contributed by atoms with Crippen LogP contribution in [0.1, 0.15) is 48.3 Å². The summed E-state index contributed by atoms with van der Waals surface area (Å²) >= 11 is 6.15. The molecule has 0 saturated carbocycles. The van der Waals surface area contributed by atoms with Crippen molar-refractivity contribution >= 4 is 23.5 Å². The number of hydrogen-bond donors (Lipinski definition) is 1. The largest absolute Gasteiger partial charge is 0.339 e. The number of carbonyl (C=O) groups is 2. The minimum Gasteiger partial charge on any atom is -0.339 e. The molecule has 2 aromatic rings.